The van der Waals surface area contributed by atoms with Gasteiger partial charge >= 0.3 is 0 Å². The molecular formula is C20H18ClN5O2. The zero-order chi connectivity index (χ0) is 19.7. The number of benzene rings is 2. The van der Waals surface area contributed by atoms with E-state index in [-0.39, 0.29) is 17.6 Å². The highest BCUT2D eigenvalue weighted by atomic mass is 35.5. The number of rotatable bonds is 5. The molecule has 1 saturated carbocycles. The average Bonchev–Trinajstić information content (AvgIpc) is 3.45. The second-order valence-electron chi connectivity index (χ2n) is 6.67. The smallest absolute Gasteiger partial charge is 0.295 e. The van der Waals surface area contributed by atoms with Crippen LogP contribution >= 0.6 is 11.6 Å². The molecule has 8 heteroatoms. The second kappa shape index (κ2) is 7.44. The third-order valence-corrected chi connectivity index (χ3v) is 4.63. The van der Waals surface area contributed by atoms with E-state index in [1.807, 2.05) is 0 Å². The van der Waals surface area contributed by atoms with Gasteiger partial charge in [0.1, 0.15) is 5.82 Å². The Hall–Kier alpha value is -3.19. The Morgan fingerprint density at radius 2 is 1.75 bits per heavy atom. The average molecular weight is 396 g/mol. The molecule has 0 saturated heterocycles. The van der Waals surface area contributed by atoms with Crippen molar-refractivity contribution in [3.8, 4) is 5.69 Å². The van der Waals surface area contributed by atoms with Crippen LogP contribution in [-0.2, 0) is 4.79 Å². The Morgan fingerprint density at radius 1 is 1.07 bits per heavy atom. The van der Waals surface area contributed by atoms with E-state index in [1.165, 1.54) is 0 Å². The van der Waals surface area contributed by atoms with Crippen LogP contribution in [0.5, 0.6) is 0 Å². The van der Waals surface area contributed by atoms with E-state index in [4.69, 9.17) is 11.6 Å². The van der Waals surface area contributed by atoms with Gasteiger partial charge in [-0.1, -0.05) is 17.7 Å². The molecule has 1 aliphatic carbocycles. The number of halogens is 1. The molecule has 2 aromatic carbocycles. The van der Waals surface area contributed by atoms with Gasteiger partial charge in [-0.05, 0) is 62.2 Å². The van der Waals surface area contributed by atoms with Crippen molar-refractivity contribution in [1.29, 1.82) is 0 Å². The van der Waals surface area contributed by atoms with Crippen molar-refractivity contribution >= 4 is 34.8 Å². The van der Waals surface area contributed by atoms with Crippen LogP contribution in [0.15, 0.2) is 48.5 Å². The summed E-state index contributed by atoms with van der Waals surface area (Å²) in [5.41, 5.74) is 1.96. The van der Waals surface area contributed by atoms with Gasteiger partial charge in [0.15, 0.2) is 0 Å². The molecule has 3 aromatic rings. The summed E-state index contributed by atoms with van der Waals surface area (Å²) >= 11 is 5.91. The van der Waals surface area contributed by atoms with Gasteiger partial charge in [-0.25, -0.2) is 9.67 Å². The maximum Gasteiger partial charge on any atom is 0.295 e. The number of nitrogens with one attached hydrogen (secondary N) is 2. The van der Waals surface area contributed by atoms with Gasteiger partial charge in [-0.3, -0.25) is 9.59 Å². The van der Waals surface area contributed by atoms with Gasteiger partial charge in [0.25, 0.3) is 5.91 Å². The van der Waals surface area contributed by atoms with E-state index in [2.05, 4.69) is 20.7 Å². The molecule has 0 unspecified atom stereocenters. The number of hydrogen-bond acceptors (Lipinski definition) is 4. The number of amides is 2. The number of carbonyl (C=O) groups is 2. The SMILES string of the molecule is Cc1nc(C(=O)Nc2cccc(NC(=O)C3CC3)c2)nn1-c1ccc(Cl)cc1. The molecule has 4 rings (SSSR count). The lowest BCUT2D eigenvalue weighted by Gasteiger charge is -2.07. The molecule has 2 N–H and O–H groups in total. The van der Waals surface area contributed by atoms with E-state index in [0.717, 1.165) is 18.5 Å². The molecule has 0 radical (unpaired) electrons. The Labute approximate surface area is 166 Å². The van der Waals surface area contributed by atoms with Gasteiger partial charge < -0.3 is 10.6 Å². The molecule has 7 nitrogen and oxygen atoms in total. The topological polar surface area (TPSA) is 88.9 Å². The van der Waals surface area contributed by atoms with Gasteiger partial charge in [0.2, 0.25) is 11.7 Å². The Balaban J connectivity index is 1.48. The quantitative estimate of drug-likeness (QED) is 0.687. The lowest BCUT2D eigenvalue weighted by atomic mass is 10.2. The second-order valence-corrected chi connectivity index (χ2v) is 7.11. The molecule has 1 aromatic heterocycles. The molecule has 0 bridgehead atoms. The summed E-state index contributed by atoms with van der Waals surface area (Å²) in [5.74, 6) is 0.337. The van der Waals surface area contributed by atoms with Gasteiger partial charge in [-0.15, -0.1) is 5.10 Å². The van der Waals surface area contributed by atoms with E-state index < -0.39 is 5.91 Å². The minimum absolute atomic E-state index is 0.0162. The zero-order valence-corrected chi connectivity index (χ0v) is 15.9. The summed E-state index contributed by atoms with van der Waals surface area (Å²) in [6.07, 6.45) is 1.87. The number of nitrogens with zero attached hydrogens (tertiary/aromatic N) is 3. The first-order valence-electron chi connectivity index (χ1n) is 8.91. The van der Waals surface area contributed by atoms with Crippen LogP contribution in [0.3, 0.4) is 0 Å². The van der Waals surface area contributed by atoms with Crippen LogP contribution in [0, 0.1) is 12.8 Å². The van der Waals surface area contributed by atoms with Crippen LogP contribution < -0.4 is 10.6 Å². The van der Waals surface area contributed by atoms with Crippen LogP contribution in [0.1, 0.15) is 29.3 Å². The fourth-order valence-electron chi connectivity index (χ4n) is 2.76. The summed E-state index contributed by atoms with van der Waals surface area (Å²) in [7, 11) is 0. The van der Waals surface area contributed by atoms with Crippen LogP contribution in [-0.4, -0.2) is 26.6 Å². The molecule has 2 amide bonds. The molecule has 0 atom stereocenters. The minimum atomic E-state index is -0.429. The van der Waals surface area contributed by atoms with Crippen molar-refractivity contribution in [3.05, 3.63) is 65.2 Å². The number of aryl methyl sites for hydroxylation is 1. The highest BCUT2D eigenvalue weighted by molar-refractivity contribution is 6.30. The molecule has 0 aliphatic heterocycles. The molecule has 28 heavy (non-hydrogen) atoms. The lowest BCUT2D eigenvalue weighted by molar-refractivity contribution is -0.117. The highest BCUT2D eigenvalue weighted by Crippen LogP contribution is 2.30. The van der Waals surface area contributed by atoms with Crippen molar-refractivity contribution in [2.45, 2.75) is 19.8 Å². The van der Waals surface area contributed by atoms with E-state index in [0.29, 0.717) is 22.2 Å². The molecule has 1 aliphatic rings. The fourth-order valence-corrected chi connectivity index (χ4v) is 2.89. The first-order chi connectivity index (χ1) is 13.5. The number of carbonyl (C=O) groups excluding carboxylic acids is 2. The van der Waals surface area contributed by atoms with Gasteiger partial charge in [0.05, 0.1) is 5.69 Å². The molecule has 0 spiro atoms. The van der Waals surface area contributed by atoms with E-state index in [9.17, 15) is 9.59 Å². The molecule has 1 heterocycles. The summed E-state index contributed by atoms with van der Waals surface area (Å²) < 4.78 is 1.58. The van der Waals surface area contributed by atoms with E-state index >= 15 is 0 Å². The predicted molar refractivity (Wildman–Crippen MR) is 107 cm³/mol. The Bertz CT molecular complexity index is 1040. The monoisotopic (exact) mass is 395 g/mol. The van der Waals surface area contributed by atoms with Gasteiger partial charge in [-0.2, -0.15) is 0 Å². The largest absolute Gasteiger partial charge is 0.326 e. The van der Waals surface area contributed by atoms with E-state index in [1.54, 1.807) is 60.1 Å². The summed E-state index contributed by atoms with van der Waals surface area (Å²) in [4.78, 5) is 28.7. The maximum atomic E-state index is 12.6. The predicted octanol–water partition coefficient (Wildman–Crippen LogP) is 3.83. The Kier molecular flexibility index (Phi) is 4.83. The highest BCUT2D eigenvalue weighted by Gasteiger charge is 2.29. The van der Waals surface area contributed by atoms with Crippen LogP contribution in [0.4, 0.5) is 11.4 Å². The lowest BCUT2D eigenvalue weighted by Crippen LogP contribution is -2.16. The van der Waals surface area contributed by atoms with Crippen molar-refractivity contribution in [2.75, 3.05) is 10.6 Å². The van der Waals surface area contributed by atoms with Crippen molar-refractivity contribution in [3.63, 3.8) is 0 Å². The third-order valence-electron chi connectivity index (χ3n) is 4.38. The number of anilines is 2. The minimum Gasteiger partial charge on any atom is -0.326 e. The van der Waals surface area contributed by atoms with Crippen LogP contribution in [0.25, 0.3) is 5.69 Å². The standard InChI is InChI=1S/C20H18ClN5O2/c1-12-22-18(25-26(12)17-9-7-14(21)8-10-17)20(28)24-16-4-2-3-15(11-16)23-19(27)13-5-6-13/h2-4,7-11,13H,5-6H2,1H3,(H,23,27)(H,24,28). The van der Waals surface area contributed by atoms with Crippen molar-refractivity contribution in [2.24, 2.45) is 5.92 Å². The van der Waals surface area contributed by atoms with Crippen LogP contribution in [0.2, 0.25) is 5.02 Å². The first kappa shape index (κ1) is 18.2. The number of hydrogen-bond donors (Lipinski definition) is 2. The third kappa shape index (κ3) is 4.04. The summed E-state index contributed by atoms with van der Waals surface area (Å²) in [5, 5.41) is 10.5. The maximum absolute atomic E-state index is 12.6. The number of aromatic nitrogens is 3. The Morgan fingerprint density at radius 3 is 2.43 bits per heavy atom. The van der Waals surface area contributed by atoms with Crippen molar-refractivity contribution < 1.29 is 9.59 Å². The molecule has 142 valence electrons. The normalized spacial score (nSPS) is 13.2. The first-order valence-corrected chi connectivity index (χ1v) is 9.29. The molecular weight excluding hydrogens is 378 g/mol. The van der Waals surface area contributed by atoms with Crippen molar-refractivity contribution in [1.82, 2.24) is 14.8 Å². The molecule has 1 fully saturated rings. The zero-order valence-electron chi connectivity index (χ0n) is 15.1. The summed E-state index contributed by atoms with van der Waals surface area (Å²) in [6, 6.07) is 14.1. The fraction of sp³-hybridized carbons (Fsp3) is 0.200. The summed E-state index contributed by atoms with van der Waals surface area (Å²) in [6.45, 7) is 1.77. The van der Waals surface area contributed by atoms with Gasteiger partial charge in [0, 0.05) is 22.3 Å².